The van der Waals surface area contributed by atoms with Crippen LogP contribution in [0.1, 0.15) is 10.4 Å². The number of carbonyl (C=O) groups excluding carboxylic acids is 1. The summed E-state index contributed by atoms with van der Waals surface area (Å²) in [5, 5.41) is 10.4. The van der Waals surface area contributed by atoms with E-state index in [2.05, 4.69) is 15.5 Å². The lowest BCUT2D eigenvalue weighted by molar-refractivity contribution is 0.102. The molecule has 3 aromatic rings. The zero-order valence-corrected chi connectivity index (χ0v) is 14.8. The topological polar surface area (TPSA) is 92.3 Å². The number of anilines is 2. The lowest BCUT2D eigenvalue weighted by Crippen LogP contribution is -2.29. The van der Waals surface area contributed by atoms with Gasteiger partial charge in [0.15, 0.2) is 0 Å². The van der Waals surface area contributed by atoms with Gasteiger partial charge in [0.05, 0.1) is 16.1 Å². The minimum absolute atomic E-state index is 0.150. The van der Waals surface area contributed by atoms with E-state index >= 15 is 0 Å². The van der Waals surface area contributed by atoms with E-state index in [0.717, 1.165) is 4.31 Å². The maximum Gasteiger partial charge on any atom is 0.264 e. The van der Waals surface area contributed by atoms with E-state index in [9.17, 15) is 13.2 Å². The number of amides is 1. The van der Waals surface area contributed by atoms with Gasteiger partial charge in [-0.15, -0.1) is 10.2 Å². The Kier molecular flexibility index (Phi) is 4.77. The van der Waals surface area contributed by atoms with Crippen molar-refractivity contribution >= 4 is 38.1 Å². The summed E-state index contributed by atoms with van der Waals surface area (Å²) < 4.78 is 26.7. The molecule has 0 aliphatic carbocycles. The number of nitrogens with zero attached hydrogens (tertiary/aromatic N) is 3. The van der Waals surface area contributed by atoms with Crippen LogP contribution in [0, 0.1) is 0 Å². The molecule has 2 aromatic carbocycles. The molecule has 25 heavy (non-hydrogen) atoms. The lowest BCUT2D eigenvalue weighted by atomic mass is 10.1. The summed E-state index contributed by atoms with van der Waals surface area (Å²) in [5.74, 6) is -0.456. The van der Waals surface area contributed by atoms with Crippen LogP contribution in [0.5, 0.6) is 0 Å². The zero-order chi connectivity index (χ0) is 17.9. The first-order chi connectivity index (χ1) is 12.0. The summed E-state index contributed by atoms with van der Waals surface area (Å²) >= 11 is 1.18. The second-order valence-corrected chi connectivity index (χ2v) is 7.80. The molecule has 0 unspecified atom stereocenters. The molecule has 1 aromatic heterocycles. The molecule has 128 valence electrons. The molecular weight excluding hydrogens is 360 g/mol. The van der Waals surface area contributed by atoms with E-state index in [1.54, 1.807) is 42.5 Å². The van der Waals surface area contributed by atoms with Crippen molar-refractivity contribution < 1.29 is 13.2 Å². The van der Waals surface area contributed by atoms with Gasteiger partial charge in [-0.25, -0.2) is 8.42 Å². The number of sulfonamides is 1. The van der Waals surface area contributed by atoms with Crippen LogP contribution in [-0.2, 0) is 10.0 Å². The summed E-state index contributed by atoms with van der Waals surface area (Å²) in [6, 6.07) is 14.5. The quantitative estimate of drug-likeness (QED) is 0.741. The van der Waals surface area contributed by atoms with Gasteiger partial charge in [-0.2, -0.15) is 0 Å². The number of rotatable bonds is 5. The van der Waals surface area contributed by atoms with Gasteiger partial charge in [-0.1, -0.05) is 41.7 Å². The summed E-state index contributed by atoms with van der Waals surface area (Å²) in [6.07, 6.45) is 0. The Balaban J connectivity index is 1.96. The molecular formula is C16H14N4O3S2. The molecule has 7 nitrogen and oxygen atoms in total. The van der Waals surface area contributed by atoms with Crippen molar-refractivity contribution in [2.45, 2.75) is 4.90 Å². The van der Waals surface area contributed by atoms with Crippen LogP contribution in [0.15, 0.2) is 65.0 Å². The van der Waals surface area contributed by atoms with Crippen LogP contribution in [0.2, 0.25) is 0 Å². The molecule has 0 aliphatic heterocycles. The zero-order valence-electron chi connectivity index (χ0n) is 13.2. The van der Waals surface area contributed by atoms with Gasteiger partial charge in [0.25, 0.3) is 15.9 Å². The summed E-state index contributed by atoms with van der Waals surface area (Å²) in [4.78, 5) is 12.7. The molecule has 9 heteroatoms. The van der Waals surface area contributed by atoms with Gasteiger partial charge < -0.3 is 0 Å². The van der Waals surface area contributed by atoms with Crippen LogP contribution in [0.25, 0.3) is 0 Å². The molecule has 0 saturated heterocycles. The molecule has 0 bridgehead atoms. The highest BCUT2D eigenvalue weighted by Gasteiger charge is 2.25. The number of nitrogens with one attached hydrogen (secondary N) is 1. The number of carbonyl (C=O) groups is 1. The Morgan fingerprint density at radius 1 is 1.08 bits per heavy atom. The maximum absolute atomic E-state index is 12.8. The molecule has 1 amide bonds. The fourth-order valence-electron chi connectivity index (χ4n) is 2.21. The van der Waals surface area contributed by atoms with Crippen molar-refractivity contribution in [3.8, 4) is 0 Å². The van der Waals surface area contributed by atoms with Crippen molar-refractivity contribution in [3.63, 3.8) is 0 Å². The van der Waals surface area contributed by atoms with Crippen LogP contribution in [-0.4, -0.2) is 31.6 Å². The smallest absolute Gasteiger partial charge is 0.264 e. The molecule has 0 saturated carbocycles. The Bertz CT molecular complexity index is 974. The standard InChI is InChI=1S/C16H14N4O3S2/c1-20(25(22,23)12-7-3-2-4-8-12)14-10-6-5-9-13(14)15(21)18-16-19-17-11-24-16/h2-11H,1H3,(H,18,19,21). The SMILES string of the molecule is CN(c1ccccc1C(=O)Nc1nncs1)S(=O)(=O)c1ccccc1. The van der Waals surface area contributed by atoms with E-state index in [-0.39, 0.29) is 16.1 Å². The third-order valence-electron chi connectivity index (χ3n) is 3.47. The normalized spacial score (nSPS) is 11.1. The number of hydrogen-bond acceptors (Lipinski definition) is 6. The fraction of sp³-hybridized carbons (Fsp3) is 0.0625. The summed E-state index contributed by atoms with van der Waals surface area (Å²) in [6.45, 7) is 0. The van der Waals surface area contributed by atoms with Crippen LogP contribution < -0.4 is 9.62 Å². The van der Waals surface area contributed by atoms with E-state index < -0.39 is 15.9 Å². The lowest BCUT2D eigenvalue weighted by Gasteiger charge is -2.21. The average Bonchev–Trinajstić information content (AvgIpc) is 3.14. The van der Waals surface area contributed by atoms with Gasteiger partial charge in [0.1, 0.15) is 5.51 Å². The molecule has 0 aliphatic rings. The molecule has 0 spiro atoms. The van der Waals surface area contributed by atoms with Gasteiger partial charge in [-0.3, -0.25) is 14.4 Å². The van der Waals surface area contributed by atoms with Crippen molar-refractivity contribution in [1.29, 1.82) is 0 Å². The third-order valence-corrected chi connectivity index (χ3v) is 5.86. The number of hydrogen-bond donors (Lipinski definition) is 1. The highest BCUT2D eigenvalue weighted by molar-refractivity contribution is 7.92. The molecule has 1 N–H and O–H groups in total. The molecule has 0 atom stereocenters. The monoisotopic (exact) mass is 374 g/mol. The van der Waals surface area contributed by atoms with Crippen LogP contribution >= 0.6 is 11.3 Å². The first-order valence-corrected chi connectivity index (χ1v) is 9.52. The summed E-state index contributed by atoms with van der Waals surface area (Å²) in [5.41, 5.74) is 1.99. The Hall–Kier alpha value is -2.78. The van der Waals surface area contributed by atoms with E-state index in [1.807, 2.05) is 0 Å². The minimum Gasteiger partial charge on any atom is -0.296 e. The Morgan fingerprint density at radius 3 is 2.44 bits per heavy atom. The first-order valence-electron chi connectivity index (χ1n) is 7.20. The van der Waals surface area contributed by atoms with Crippen LogP contribution in [0.4, 0.5) is 10.8 Å². The van der Waals surface area contributed by atoms with E-state index in [1.165, 1.54) is 36.0 Å². The predicted octanol–water partition coefficient (Wildman–Crippen LogP) is 2.62. The van der Waals surface area contributed by atoms with Gasteiger partial charge in [0, 0.05) is 7.05 Å². The Morgan fingerprint density at radius 2 is 1.76 bits per heavy atom. The second-order valence-electron chi connectivity index (χ2n) is 5.00. The molecule has 0 radical (unpaired) electrons. The molecule has 0 fully saturated rings. The van der Waals surface area contributed by atoms with Crippen LogP contribution in [0.3, 0.4) is 0 Å². The summed E-state index contributed by atoms with van der Waals surface area (Å²) in [7, 11) is -2.37. The van der Waals surface area contributed by atoms with E-state index in [0.29, 0.717) is 5.13 Å². The highest BCUT2D eigenvalue weighted by atomic mass is 32.2. The molecule has 3 rings (SSSR count). The third kappa shape index (κ3) is 3.52. The number of para-hydroxylation sites is 1. The van der Waals surface area contributed by atoms with Gasteiger partial charge in [0.2, 0.25) is 5.13 Å². The first kappa shape index (κ1) is 17.1. The predicted molar refractivity (Wildman–Crippen MR) is 96.3 cm³/mol. The van der Waals surface area contributed by atoms with E-state index in [4.69, 9.17) is 0 Å². The van der Waals surface area contributed by atoms with Gasteiger partial charge in [-0.05, 0) is 24.3 Å². The minimum atomic E-state index is -3.78. The average molecular weight is 374 g/mol. The van der Waals surface area contributed by atoms with Crippen molar-refractivity contribution in [3.05, 3.63) is 65.7 Å². The maximum atomic E-state index is 12.8. The largest absolute Gasteiger partial charge is 0.296 e. The van der Waals surface area contributed by atoms with Crippen molar-refractivity contribution in [2.75, 3.05) is 16.7 Å². The molecule has 1 heterocycles. The number of benzene rings is 2. The van der Waals surface area contributed by atoms with Crippen molar-refractivity contribution in [2.24, 2.45) is 0 Å². The van der Waals surface area contributed by atoms with Gasteiger partial charge >= 0.3 is 0 Å². The van der Waals surface area contributed by atoms with Crippen molar-refractivity contribution in [1.82, 2.24) is 10.2 Å². The second kappa shape index (κ2) is 6.99. The number of aromatic nitrogens is 2. The highest BCUT2D eigenvalue weighted by Crippen LogP contribution is 2.26. The Labute approximate surface area is 149 Å². The fourth-order valence-corrected chi connectivity index (χ4v) is 3.89.